The summed E-state index contributed by atoms with van der Waals surface area (Å²) in [7, 11) is 0. The van der Waals surface area contributed by atoms with Crippen molar-refractivity contribution in [2.75, 3.05) is 0 Å². The quantitative estimate of drug-likeness (QED) is 0.572. The minimum atomic E-state index is -1.06. The number of aliphatic carboxylic acids is 1. The molecule has 0 spiro atoms. The van der Waals surface area contributed by atoms with Gasteiger partial charge in [-0.1, -0.05) is 32.1 Å². The molecule has 1 aromatic heterocycles. The van der Waals surface area contributed by atoms with Crippen molar-refractivity contribution in [2.45, 2.75) is 51.8 Å². The summed E-state index contributed by atoms with van der Waals surface area (Å²) in [4.78, 5) is 19.5. The highest BCUT2D eigenvalue weighted by molar-refractivity contribution is 7.81. The number of nitrogens with zero attached hydrogens (tertiary/aromatic N) is 2. The van der Waals surface area contributed by atoms with Gasteiger partial charge in [-0.3, -0.25) is 4.99 Å². The van der Waals surface area contributed by atoms with Gasteiger partial charge in [0.1, 0.15) is 5.69 Å². The number of hydrogen-bond donors (Lipinski definition) is 3. The Labute approximate surface area is 134 Å². The van der Waals surface area contributed by atoms with E-state index in [1.165, 1.54) is 17.6 Å². The van der Waals surface area contributed by atoms with Crippen LogP contribution in [0, 0.1) is 5.41 Å². The number of aliphatic imine (C=N–C) groups is 1. The molecule has 0 radical (unpaired) electrons. The minimum Gasteiger partial charge on any atom is -0.498 e. The second kappa shape index (κ2) is 6.36. The normalized spacial score (nSPS) is 14.6. The number of carboxylic acid groups (broad SMARTS) is 1. The average Bonchev–Trinajstić information content (AvgIpc) is 2.53. The highest BCUT2D eigenvalue weighted by Gasteiger charge is 2.31. The molecular weight excluding hydrogens is 308 g/mol. The summed E-state index contributed by atoms with van der Waals surface area (Å²) in [5, 5.41) is 19.9. The average molecular weight is 330 g/mol. The molecule has 2 N–H and O–H groups in total. The molecule has 21 heavy (non-hydrogen) atoms. The van der Waals surface area contributed by atoms with Crippen molar-refractivity contribution in [3.8, 4) is 5.06 Å². The summed E-state index contributed by atoms with van der Waals surface area (Å²) >= 11 is 5.44. The fraction of sp³-hybridized carbons (Fsp3) is 0.643. The maximum atomic E-state index is 11.2. The standard InChI is InChI=1S/C14H22N2O3S2/c1-13(2,3)6-9-16-8(12(19)21-9)7-15-10(11(17)18)14(4,5)20/h7,10,19-20H,6H2,1-5H3,(H,17,18)/t10-/m0/s1. The Morgan fingerprint density at radius 2 is 2.00 bits per heavy atom. The van der Waals surface area contributed by atoms with Gasteiger partial charge < -0.3 is 10.2 Å². The summed E-state index contributed by atoms with van der Waals surface area (Å²) in [5.41, 5.74) is 0.373. The van der Waals surface area contributed by atoms with E-state index in [0.29, 0.717) is 5.69 Å². The topological polar surface area (TPSA) is 82.8 Å². The Morgan fingerprint density at radius 1 is 1.43 bits per heavy atom. The second-order valence-electron chi connectivity index (χ2n) is 6.71. The summed E-state index contributed by atoms with van der Waals surface area (Å²) in [6.45, 7) is 9.62. The summed E-state index contributed by atoms with van der Waals surface area (Å²) in [6.07, 6.45) is 2.05. The minimum absolute atomic E-state index is 0.0547. The van der Waals surface area contributed by atoms with Crippen LogP contribution in [0.1, 0.15) is 45.3 Å². The van der Waals surface area contributed by atoms with E-state index in [2.05, 4.69) is 43.4 Å². The molecule has 0 aromatic carbocycles. The zero-order chi connectivity index (χ0) is 16.4. The van der Waals surface area contributed by atoms with Crippen LogP contribution in [0.25, 0.3) is 0 Å². The van der Waals surface area contributed by atoms with E-state index < -0.39 is 16.8 Å². The molecular formula is C14H22N2O3S2. The number of hydrogen-bond acceptors (Lipinski definition) is 6. The van der Waals surface area contributed by atoms with Gasteiger partial charge in [-0.05, 0) is 19.3 Å². The van der Waals surface area contributed by atoms with Crippen LogP contribution in [0.15, 0.2) is 4.99 Å². The first-order valence-corrected chi connectivity index (χ1v) is 7.83. The first-order chi connectivity index (χ1) is 9.40. The largest absolute Gasteiger partial charge is 0.498 e. The van der Waals surface area contributed by atoms with E-state index in [1.807, 2.05) is 0 Å². The molecule has 7 heteroatoms. The molecule has 0 aliphatic carbocycles. The SMILES string of the molecule is CC(C)(C)Cc1nc(C=N[C@@H](C(=O)O)C(C)(C)S)c(O)s1. The molecule has 1 atom stereocenters. The molecule has 5 nitrogen and oxygen atoms in total. The van der Waals surface area contributed by atoms with Gasteiger partial charge in [0.05, 0.1) is 11.2 Å². The van der Waals surface area contributed by atoms with E-state index in [0.717, 1.165) is 11.4 Å². The lowest BCUT2D eigenvalue weighted by Crippen LogP contribution is -2.36. The van der Waals surface area contributed by atoms with Gasteiger partial charge in [0.2, 0.25) is 5.06 Å². The van der Waals surface area contributed by atoms with E-state index in [4.69, 9.17) is 0 Å². The lowest BCUT2D eigenvalue weighted by Gasteiger charge is -2.22. The molecule has 1 rings (SSSR count). The van der Waals surface area contributed by atoms with Gasteiger partial charge in [-0.25, -0.2) is 9.78 Å². The van der Waals surface area contributed by atoms with Gasteiger partial charge in [0.25, 0.3) is 0 Å². The maximum absolute atomic E-state index is 11.2. The molecule has 0 amide bonds. The molecule has 1 heterocycles. The van der Waals surface area contributed by atoms with Gasteiger partial charge in [-0.15, -0.1) is 0 Å². The van der Waals surface area contributed by atoms with Gasteiger partial charge in [-0.2, -0.15) is 12.6 Å². The lowest BCUT2D eigenvalue weighted by molar-refractivity contribution is -0.138. The van der Waals surface area contributed by atoms with Crippen molar-refractivity contribution in [2.24, 2.45) is 10.4 Å². The van der Waals surface area contributed by atoms with Crippen LogP contribution < -0.4 is 0 Å². The number of rotatable bonds is 5. The number of aromatic hydroxyl groups is 1. The van der Waals surface area contributed by atoms with E-state index in [1.54, 1.807) is 13.8 Å². The Balaban J connectivity index is 2.97. The van der Waals surface area contributed by atoms with Crippen LogP contribution in [0.5, 0.6) is 5.06 Å². The number of carboxylic acids is 1. The zero-order valence-electron chi connectivity index (χ0n) is 12.9. The van der Waals surface area contributed by atoms with Gasteiger partial charge >= 0.3 is 5.97 Å². The van der Waals surface area contributed by atoms with Crippen LogP contribution in [-0.4, -0.2) is 38.2 Å². The smallest absolute Gasteiger partial charge is 0.329 e. The summed E-state index contributed by atoms with van der Waals surface area (Å²) < 4.78 is -0.803. The summed E-state index contributed by atoms with van der Waals surface area (Å²) in [6, 6.07) is -1.01. The third-order valence-electron chi connectivity index (χ3n) is 2.61. The maximum Gasteiger partial charge on any atom is 0.329 e. The number of thiazole rings is 1. The lowest BCUT2D eigenvalue weighted by atomic mass is 9.93. The van der Waals surface area contributed by atoms with Crippen molar-refractivity contribution >= 4 is 36.1 Å². The number of carbonyl (C=O) groups is 1. The van der Waals surface area contributed by atoms with Crippen molar-refractivity contribution < 1.29 is 15.0 Å². The van der Waals surface area contributed by atoms with E-state index in [9.17, 15) is 15.0 Å². The van der Waals surface area contributed by atoms with Gasteiger partial charge in [0, 0.05) is 11.2 Å². The molecule has 0 saturated heterocycles. The molecule has 118 valence electrons. The Kier molecular flexibility index (Phi) is 5.44. The second-order valence-corrected chi connectivity index (χ2v) is 8.92. The van der Waals surface area contributed by atoms with Crippen molar-refractivity contribution in [1.82, 2.24) is 4.98 Å². The highest BCUT2D eigenvalue weighted by atomic mass is 32.1. The zero-order valence-corrected chi connectivity index (χ0v) is 14.6. The first kappa shape index (κ1) is 18.0. The summed E-state index contributed by atoms with van der Waals surface area (Å²) in [5.74, 6) is -1.06. The van der Waals surface area contributed by atoms with Crippen LogP contribution in [0.2, 0.25) is 0 Å². The molecule has 1 aromatic rings. The van der Waals surface area contributed by atoms with Crippen LogP contribution in [-0.2, 0) is 11.2 Å². The molecule has 0 bridgehead atoms. The Hall–Kier alpha value is -1.08. The predicted molar refractivity (Wildman–Crippen MR) is 89.0 cm³/mol. The fourth-order valence-electron chi connectivity index (χ4n) is 1.68. The Morgan fingerprint density at radius 3 is 2.43 bits per heavy atom. The molecule has 0 aliphatic heterocycles. The number of aromatic nitrogens is 1. The predicted octanol–water partition coefficient (Wildman–Crippen LogP) is 3.02. The first-order valence-electron chi connectivity index (χ1n) is 6.57. The van der Waals surface area contributed by atoms with Crippen LogP contribution in [0.4, 0.5) is 0 Å². The van der Waals surface area contributed by atoms with Crippen molar-refractivity contribution in [1.29, 1.82) is 0 Å². The monoisotopic (exact) mass is 330 g/mol. The van der Waals surface area contributed by atoms with Crippen LogP contribution in [0.3, 0.4) is 0 Å². The molecule has 0 saturated carbocycles. The van der Waals surface area contributed by atoms with Crippen molar-refractivity contribution in [3.05, 3.63) is 10.7 Å². The highest BCUT2D eigenvalue weighted by Crippen LogP contribution is 2.30. The fourth-order valence-corrected chi connectivity index (χ4v) is 2.93. The van der Waals surface area contributed by atoms with Crippen LogP contribution >= 0.6 is 24.0 Å². The third-order valence-corrected chi connectivity index (χ3v) is 3.73. The molecule has 0 aliphatic rings. The van der Waals surface area contributed by atoms with Gasteiger partial charge in [0.15, 0.2) is 6.04 Å². The van der Waals surface area contributed by atoms with E-state index in [-0.39, 0.29) is 10.5 Å². The molecule has 0 fully saturated rings. The van der Waals surface area contributed by atoms with Crippen molar-refractivity contribution in [3.63, 3.8) is 0 Å². The van der Waals surface area contributed by atoms with E-state index >= 15 is 0 Å². The molecule has 0 unspecified atom stereocenters. The number of thiol groups is 1. The third kappa shape index (κ3) is 5.67. The Bertz CT molecular complexity index is 539.